The second-order valence-corrected chi connectivity index (χ2v) is 15.1. The number of nitrogens with zero attached hydrogens (tertiary/aromatic N) is 1. The monoisotopic (exact) mass is 807 g/mol. The number of hydrogen-bond acceptors (Lipinski definition) is 13. The zero-order valence-corrected chi connectivity index (χ0v) is 33.2. The molecule has 2 saturated heterocycles. The summed E-state index contributed by atoms with van der Waals surface area (Å²) in [5, 5.41) is 26.8. The molecule has 18 heteroatoms. The van der Waals surface area contributed by atoms with E-state index >= 15 is 0 Å². The molecular formula is C39H61N5O13. The van der Waals surface area contributed by atoms with E-state index < -0.39 is 95.9 Å². The topological polar surface area (TPSA) is 260 Å². The molecule has 57 heavy (non-hydrogen) atoms. The van der Waals surface area contributed by atoms with Gasteiger partial charge in [0.15, 0.2) is 24.2 Å². The number of primary amides is 1. The van der Waals surface area contributed by atoms with Crippen molar-refractivity contribution >= 4 is 23.7 Å². The Balaban J connectivity index is 1.42. The van der Waals surface area contributed by atoms with Gasteiger partial charge in [0.25, 0.3) is 11.5 Å². The van der Waals surface area contributed by atoms with Crippen LogP contribution in [0.4, 0.5) is 0 Å². The minimum Gasteiger partial charge on any atom is -0.456 e. The maximum Gasteiger partial charge on any atom is 0.330 e. The summed E-state index contributed by atoms with van der Waals surface area (Å²) in [6.07, 6.45) is 4.22. The molecule has 4 rings (SSSR count). The van der Waals surface area contributed by atoms with Crippen molar-refractivity contribution in [2.45, 2.75) is 178 Å². The van der Waals surface area contributed by atoms with Gasteiger partial charge in [-0.2, -0.15) is 0 Å². The fourth-order valence-electron chi connectivity index (χ4n) is 7.35. The highest BCUT2D eigenvalue weighted by atomic mass is 16.7. The maximum absolute atomic E-state index is 13.2. The number of ether oxygens (including phenoxy) is 5. The first-order valence-electron chi connectivity index (χ1n) is 20.3. The molecule has 18 nitrogen and oxygen atoms in total. The molecule has 2 fully saturated rings. The summed E-state index contributed by atoms with van der Waals surface area (Å²) >= 11 is 0. The van der Waals surface area contributed by atoms with Crippen molar-refractivity contribution in [2.75, 3.05) is 7.11 Å². The number of carbonyl (C=O) groups excluding carboxylic acids is 4. The molecule has 1 aromatic heterocycles. The van der Waals surface area contributed by atoms with Gasteiger partial charge in [0, 0.05) is 31.8 Å². The Hall–Kier alpha value is -4.10. The van der Waals surface area contributed by atoms with Gasteiger partial charge < -0.3 is 50.3 Å². The summed E-state index contributed by atoms with van der Waals surface area (Å²) in [7, 11) is 1.24. The first-order valence-corrected chi connectivity index (χ1v) is 20.3. The number of H-pyrrole nitrogens is 1. The Morgan fingerprint density at radius 3 is 2.25 bits per heavy atom. The lowest BCUT2D eigenvalue weighted by Gasteiger charge is -2.35. The van der Waals surface area contributed by atoms with E-state index in [1.165, 1.54) is 52.1 Å². The number of hydrogen-bond donors (Lipinski definition) is 6. The van der Waals surface area contributed by atoms with Gasteiger partial charge in [-0.25, -0.2) is 4.79 Å². The lowest BCUT2D eigenvalue weighted by atomic mass is 10.0. The van der Waals surface area contributed by atoms with E-state index in [9.17, 15) is 39.0 Å². The third kappa shape index (κ3) is 13.2. The number of esters is 1. The van der Waals surface area contributed by atoms with Crippen molar-refractivity contribution in [3.05, 3.63) is 44.9 Å². The number of aliphatic hydroxyl groups excluding tert-OH is 2. The number of amides is 3. The Morgan fingerprint density at radius 2 is 1.63 bits per heavy atom. The van der Waals surface area contributed by atoms with Crippen molar-refractivity contribution in [3.8, 4) is 0 Å². The number of methoxy groups -OCH3 is 1. The van der Waals surface area contributed by atoms with E-state index in [0.717, 1.165) is 55.0 Å². The van der Waals surface area contributed by atoms with Crippen LogP contribution < -0.4 is 27.6 Å². The average Bonchev–Trinajstić information content (AvgIpc) is 3.42. The fourth-order valence-corrected chi connectivity index (χ4v) is 7.35. The van der Waals surface area contributed by atoms with E-state index in [1.807, 2.05) is 6.92 Å². The predicted molar refractivity (Wildman–Crippen MR) is 204 cm³/mol. The van der Waals surface area contributed by atoms with Gasteiger partial charge in [0.2, 0.25) is 18.1 Å². The van der Waals surface area contributed by atoms with Gasteiger partial charge in [0.05, 0.1) is 0 Å². The maximum atomic E-state index is 13.2. The first kappa shape index (κ1) is 45.6. The highest BCUT2D eigenvalue weighted by Gasteiger charge is 2.54. The summed E-state index contributed by atoms with van der Waals surface area (Å²) < 4.78 is 30.0. The summed E-state index contributed by atoms with van der Waals surface area (Å²) in [6, 6.07) is 0.0817. The van der Waals surface area contributed by atoms with Crippen LogP contribution in [0, 0.1) is 0 Å². The van der Waals surface area contributed by atoms with E-state index in [-0.39, 0.29) is 12.5 Å². The van der Waals surface area contributed by atoms with Crippen LogP contribution in [0.25, 0.3) is 0 Å². The summed E-state index contributed by atoms with van der Waals surface area (Å²) in [6.45, 7) is 4.05. The van der Waals surface area contributed by atoms with E-state index in [4.69, 9.17) is 29.4 Å². The molecular weight excluding hydrogens is 746 g/mol. The zero-order valence-electron chi connectivity index (χ0n) is 33.2. The van der Waals surface area contributed by atoms with Crippen molar-refractivity contribution in [1.82, 2.24) is 20.2 Å². The molecule has 0 unspecified atom stereocenters. The van der Waals surface area contributed by atoms with E-state index in [0.29, 0.717) is 19.3 Å². The smallest absolute Gasteiger partial charge is 0.330 e. The van der Waals surface area contributed by atoms with E-state index in [1.54, 1.807) is 0 Å². The Kier molecular flexibility index (Phi) is 18.2. The van der Waals surface area contributed by atoms with Crippen LogP contribution >= 0.6 is 0 Å². The minimum absolute atomic E-state index is 0.0523. The SMILES string of the molecule is CCCCCCCCCCCCCCC(=O)O[C@@H]1[C@H](OC)[C@@H]([C@@H](O[C@H]2OC(C(=O)N[C@H]3CCC[C@@H](C)NC3=O)=C[C@H](O)[C@@H]2O)C(N)=O)O[C@H]1n1ccc(=O)[nH]c1=O. The molecule has 0 bridgehead atoms. The quantitative estimate of drug-likeness (QED) is 0.0717. The predicted octanol–water partition coefficient (Wildman–Crippen LogP) is 1.46. The van der Waals surface area contributed by atoms with Crippen LogP contribution in [-0.4, -0.2) is 106 Å². The number of aromatic amines is 1. The molecule has 320 valence electrons. The second-order valence-electron chi connectivity index (χ2n) is 15.1. The molecule has 7 N–H and O–H groups in total. The molecule has 0 saturated carbocycles. The molecule has 3 aliphatic rings. The normalized spacial score (nSPS) is 28.1. The van der Waals surface area contributed by atoms with Crippen molar-refractivity contribution in [2.24, 2.45) is 5.73 Å². The van der Waals surface area contributed by atoms with Gasteiger partial charge in [-0.3, -0.25) is 33.5 Å². The second kappa shape index (κ2) is 22.7. The zero-order chi connectivity index (χ0) is 41.5. The largest absolute Gasteiger partial charge is 0.456 e. The number of aliphatic hydroxyl groups is 2. The Labute approximate surface area is 332 Å². The number of carbonyl (C=O) groups is 4. The van der Waals surface area contributed by atoms with Gasteiger partial charge in [-0.15, -0.1) is 0 Å². The number of nitrogens with one attached hydrogen (secondary N) is 3. The van der Waals surface area contributed by atoms with E-state index in [2.05, 4.69) is 22.5 Å². The van der Waals surface area contributed by atoms with Gasteiger partial charge in [-0.05, 0) is 38.7 Å². The molecule has 0 aliphatic carbocycles. The molecule has 3 amide bonds. The number of nitrogens with two attached hydrogens (primary N) is 1. The molecule has 0 spiro atoms. The third-order valence-corrected chi connectivity index (χ3v) is 10.5. The molecule has 1 aromatic rings. The summed E-state index contributed by atoms with van der Waals surface area (Å²) in [5.41, 5.74) is 4.16. The standard InChI is InChI=1S/C39H61N5O13/c1-4-5-6-7-8-9-10-11-12-13-14-15-19-28(47)55-33-30(53-3)31(56-37(33)44-21-20-27(46)43-39(44)52)32(34(40)49)57-38-29(48)25(45)22-26(54-38)36(51)42-24-18-16-17-23(2)41-35(24)50/h20-25,29-33,37-38,45,48H,4-19H2,1-3H3,(H2,40,49)(H,41,50)(H,42,51)(H,43,46,52)/t23-,24+,25+,29+,30-,31+,32-,33-,37-,38-/m1/s1. The minimum atomic E-state index is -1.88. The third-order valence-electron chi connectivity index (χ3n) is 10.5. The summed E-state index contributed by atoms with van der Waals surface area (Å²) in [4.78, 5) is 79.0. The average molecular weight is 808 g/mol. The molecule has 0 radical (unpaired) electrons. The first-order chi connectivity index (χ1) is 27.3. The highest BCUT2D eigenvalue weighted by Crippen LogP contribution is 2.36. The van der Waals surface area contributed by atoms with Crippen LogP contribution in [0.2, 0.25) is 0 Å². The van der Waals surface area contributed by atoms with Crippen LogP contribution in [0.3, 0.4) is 0 Å². The van der Waals surface area contributed by atoms with Crippen LogP contribution in [0.1, 0.15) is 123 Å². The van der Waals surface area contributed by atoms with Crippen molar-refractivity contribution in [1.29, 1.82) is 0 Å². The fraction of sp³-hybridized carbons (Fsp3) is 0.744. The summed E-state index contributed by atoms with van der Waals surface area (Å²) in [5.74, 6) is -3.55. The van der Waals surface area contributed by atoms with Gasteiger partial charge >= 0.3 is 11.7 Å². The number of unbranched alkanes of at least 4 members (excludes halogenated alkanes) is 11. The molecule has 10 atom stereocenters. The number of rotatable bonds is 22. The lowest BCUT2D eigenvalue weighted by Crippen LogP contribution is -2.54. The van der Waals surface area contributed by atoms with Crippen LogP contribution in [0.5, 0.6) is 0 Å². The van der Waals surface area contributed by atoms with Crippen LogP contribution in [-0.2, 0) is 42.9 Å². The molecule has 0 aromatic carbocycles. The van der Waals surface area contributed by atoms with Gasteiger partial charge in [0.1, 0.15) is 30.5 Å². The number of aromatic nitrogens is 2. The molecule has 3 aliphatic heterocycles. The Morgan fingerprint density at radius 1 is 0.982 bits per heavy atom. The Bertz CT molecular complexity index is 1630. The van der Waals surface area contributed by atoms with Gasteiger partial charge in [-0.1, -0.05) is 77.6 Å². The highest BCUT2D eigenvalue weighted by molar-refractivity contribution is 5.95. The van der Waals surface area contributed by atoms with Crippen LogP contribution in [0.15, 0.2) is 33.7 Å². The van der Waals surface area contributed by atoms with Crippen molar-refractivity contribution < 1.29 is 53.1 Å². The van der Waals surface area contributed by atoms with Crippen molar-refractivity contribution in [3.63, 3.8) is 0 Å². The molecule has 4 heterocycles. The lowest BCUT2D eigenvalue weighted by molar-refractivity contribution is -0.241.